The molecule has 0 aliphatic carbocycles. The van der Waals surface area contributed by atoms with Crippen molar-refractivity contribution in [3.05, 3.63) is 16.1 Å². The van der Waals surface area contributed by atoms with Gasteiger partial charge in [0.25, 0.3) is 0 Å². The van der Waals surface area contributed by atoms with Gasteiger partial charge in [0.2, 0.25) is 6.79 Å². The van der Waals surface area contributed by atoms with Crippen LogP contribution in [0.25, 0.3) is 0 Å². The van der Waals surface area contributed by atoms with Gasteiger partial charge in [0.05, 0.1) is 11.6 Å². The van der Waals surface area contributed by atoms with Gasteiger partial charge in [-0.1, -0.05) is 0 Å². The Morgan fingerprint density at radius 1 is 1.44 bits per heavy atom. The van der Waals surface area contributed by atoms with E-state index < -0.39 is 0 Å². The van der Waals surface area contributed by atoms with Crippen molar-refractivity contribution in [2.45, 2.75) is 18.8 Å². The Kier molecular flexibility index (Phi) is 3.35. The molecule has 18 heavy (non-hydrogen) atoms. The molecule has 98 valence electrons. The Bertz CT molecular complexity index is 454. The van der Waals surface area contributed by atoms with Crippen molar-refractivity contribution in [2.24, 2.45) is 0 Å². The van der Waals surface area contributed by atoms with Gasteiger partial charge in [-0.2, -0.15) is 0 Å². The summed E-state index contributed by atoms with van der Waals surface area (Å²) in [5.41, 5.74) is 1.13. The van der Waals surface area contributed by atoms with E-state index in [1.807, 2.05) is 6.07 Å². The zero-order valence-corrected chi connectivity index (χ0v) is 11.9. The zero-order chi connectivity index (χ0) is 12.5. The Morgan fingerprint density at radius 3 is 3.06 bits per heavy atom. The molecule has 5 heteroatoms. The molecular weight excluding hydrogens is 298 g/mol. The number of rotatable bonds is 2. The van der Waals surface area contributed by atoms with Gasteiger partial charge in [-0.25, -0.2) is 0 Å². The molecule has 2 aliphatic heterocycles. The van der Waals surface area contributed by atoms with Crippen molar-refractivity contribution in [3.63, 3.8) is 0 Å². The van der Waals surface area contributed by atoms with Crippen molar-refractivity contribution in [1.82, 2.24) is 5.32 Å². The van der Waals surface area contributed by atoms with E-state index in [-0.39, 0.29) is 0 Å². The minimum absolute atomic E-state index is 0.294. The van der Waals surface area contributed by atoms with Gasteiger partial charge < -0.3 is 19.5 Å². The molecule has 1 N–H and O–H groups in total. The van der Waals surface area contributed by atoms with Crippen LogP contribution in [0.15, 0.2) is 10.5 Å². The van der Waals surface area contributed by atoms with Gasteiger partial charge in [0.1, 0.15) is 5.75 Å². The number of piperidine rings is 1. The molecule has 0 aromatic heterocycles. The van der Waals surface area contributed by atoms with Crippen LogP contribution in [-0.2, 0) is 0 Å². The van der Waals surface area contributed by atoms with E-state index in [1.54, 1.807) is 7.11 Å². The minimum Gasteiger partial charge on any atom is -0.495 e. The van der Waals surface area contributed by atoms with E-state index in [4.69, 9.17) is 14.2 Å². The maximum atomic E-state index is 5.63. The van der Waals surface area contributed by atoms with Crippen LogP contribution >= 0.6 is 15.9 Å². The molecule has 0 amide bonds. The fourth-order valence-corrected chi connectivity index (χ4v) is 3.28. The maximum Gasteiger partial charge on any atom is 0.231 e. The number of ether oxygens (including phenoxy) is 3. The fraction of sp³-hybridized carbons (Fsp3) is 0.538. The average Bonchev–Trinajstić information content (AvgIpc) is 2.85. The van der Waals surface area contributed by atoms with E-state index in [0.717, 1.165) is 46.8 Å². The van der Waals surface area contributed by atoms with Crippen molar-refractivity contribution in [2.75, 3.05) is 27.0 Å². The molecule has 1 atom stereocenters. The highest BCUT2D eigenvalue weighted by Crippen LogP contribution is 2.49. The van der Waals surface area contributed by atoms with E-state index in [9.17, 15) is 0 Å². The van der Waals surface area contributed by atoms with Crippen LogP contribution in [0.2, 0.25) is 0 Å². The summed E-state index contributed by atoms with van der Waals surface area (Å²) < 4.78 is 17.6. The number of hydrogen-bond acceptors (Lipinski definition) is 4. The van der Waals surface area contributed by atoms with E-state index in [0.29, 0.717) is 12.7 Å². The third-order valence-electron chi connectivity index (χ3n) is 3.51. The highest BCUT2D eigenvalue weighted by molar-refractivity contribution is 9.10. The van der Waals surface area contributed by atoms with E-state index >= 15 is 0 Å². The van der Waals surface area contributed by atoms with Crippen LogP contribution in [0.5, 0.6) is 17.2 Å². The molecule has 1 unspecified atom stereocenters. The normalized spacial score (nSPS) is 22.0. The van der Waals surface area contributed by atoms with Crippen LogP contribution in [0.4, 0.5) is 0 Å². The molecule has 2 aliphatic rings. The Labute approximate surface area is 115 Å². The summed E-state index contributed by atoms with van der Waals surface area (Å²) >= 11 is 3.55. The van der Waals surface area contributed by atoms with Crippen molar-refractivity contribution in [1.29, 1.82) is 0 Å². The summed E-state index contributed by atoms with van der Waals surface area (Å²) in [7, 11) is 1.70. The SMILES string of the molecule is COc1c(Br)cc2c(c1C1CCCNC1)OCO2. The lowest BCUT2D eigenvalue weighted by molar-refractivity contribution is 0.172. The van der Waals surface area contributed by atoms with Gasteiger partial charge in [0, 0.05) is 24.1 Å². The second-order valence-electron chi connectivity index (χ2n) is 4.58. The number of nitrogens with one attached hydrogen (secondary N) is 1. The third-order valence-corrected chi connectivity index (χ3v) is 4.10. The van der Waals surface area contributed by atoms with Crippen molar-refractivity contribution in [3.8, 4) is 17.2 Å². The smallest absolute Gasteiger partial charge is 0.231 e. The highest BCUT2D eigenvalue weighted by Gasteiger charge is 2.30. The molecule has 0 spiro atoms. The minimum atomic E-state index is 0.294. The average molecular weight is 314 g/mol. The maximum absolute atomic E-state index is 5.63. The molecule has 4 nitrogen and oxygen atoms in total. The van der Waals surface area contributed by atoms with Crippen LogP contribution < -0.4 is 19.5 Å². The van der Waals surface area contributed by atoms with Gasteiger partial charge in [-0.15, -0.1) is 0 Å². The third kappa shape index (κ3) is 1.95. The number of benzene rings is 1. The number of hydrogen-bond donors (Lipinski definition) is 1. The first kappa shape index (κ1) is 12.1. The quantitative estimate of drug-likeness (QED) is 0.911. The molecule has 2 heterocycles. The first-order valence-corrected chi connectivity index (χ1v) is 6.97. The molecular formula is C13H16BrNO3. The Morgan fingerprint density at radius 2 is 2.33 bits per heavy atom. The molecule has 0 bridgehead atoms. The molecule has 1 saturated heterocycles. The summed E-state index contributed by atoms with van der Waals surface area (Å²) in [6.07, 6.45) is 2.32. The first-order chi connectivity index (χ1) is 8.81. The lowest BCUT2D eigenvalue weighted by Crippen LogP contribution is -2.28. The number of fused-ring (bicyclic) bond motifs is 1. The second kappa shape index (κ2) is 4.97. The van der Waals surface area contributed by atoms with Crippen molar-refractivity contribution >= 4 is 15.9 Å². The molecule has 1 aromatic carbocycles. The summed E-state index contributed by atoms with van der Waals surface area (Å²) in [6.45, 7) is 2.34. The summed E-state index contributed by atoms with van der Waals surface area (Å²) in [4.78, 5) is 0. The monoisotopic (exact) mass is 313 g/mol. The van der Waals surface area contributed by atoms with Gasteiger partial charge >= 0.3 is 0 Å². The van der Waals surface area contributed by atoms with Gasteiger partial charge in [-0.05, 0) is 35.3 Å². The van der Waals surface area contributed by atoms with Gasteiger partial charge in [-0.3, -0.25) is 0 Å². The standard InChI is InChI=1S/C13H16BrNO3/c1-16-12-9(14)5-10-13(18-7-17-10)11(12)8-3-2-4-15-6-8/h5,8,15H,2-4,6-7H2,1H3. The van der Waals surface area contributed by atoms with Crippen LogP contribution in [0.3, 0.4) is 0 Å². The topological polar surface area (TPSA) is 39.7 Å². The Balaban J connectivity index is 2.09. The summed E-state index contributed by atoms with van der Waals surface area (Å²) in [5.74, 6) is 2.95. The second-order valence-corrected chi connectivity index (χ2v) is 5.44. The van der Waals surface area contributed by atoms with Crippen molar-refractivity contribution < 1.29 is 14.2 Å². The number of methoxy groups -OCH3 is 1. The zero-order valence-electron chi connectivity index (χ0n) is 10.3. The molecule has 1 aromatic rings. The molecule has 0 radical (unpaired) electrons. The highest BCUT2D eigenvalue weighted by atomic mass is 79.9. The first-order valence-electron chi connectivity index (χ1n) is 6.18. The van der Waals surface area contributed by atoms with E-state index in [1.165, 1.54) is 6.42 Å². The largest absolute Gasteiger partial charge is 0.495 e. The fourth-order valence-electron chi connectivity index (χ4n) is 2.70. The lowest BCUT2D eigenvalue weighted by Gasteiger charge is -2.26. The Hall–Kier alpha value is -0.940. The molecule has 1 fully saturated rings. The van der Waals surface area contributed by atoms with Crippen LogP contribution in [0.1, 0.15) is 24.3 Å². The number of halogens is 1. The molecule has 0 saturated carbocycles. The molecule has 3 rings (SSSR count). The van der Waals surface area contributed by atoms with Gasteiger partial charge in [0.15, 0.2) is 11.5 Å². The summed E-state index contributed by atoms with van der Waals surface area (Å²) in [5, 5.41) is 3.43. The predicted molar refractivity (Wildman–Crippen MR) is 71.7 cm³/mol. The van der Waals surface area contributed by atoms with Crippen LogP contribution in [-0.4, -0.2) is 27.0 Å². The summed E-state index contributed by atoms with van der Waals surface area (Å²) in [6, 6.07) is 1.92. The van der Waals surface area contributed by atoms with E-state index in [2.05, 4.69) is 21.2 Å². The predicted octanol–water partition coefficient (Wildman–Crippen LogP) is 2.65. The van der Waals surface area contributed by atoms with Crippen LogP contribution in [0, 0.1) is 0 Å². The lowest BCUT2D eigenvalue weighted by atomic mass is 9.90.